The summed E-state index contributed by atoms with van der Waals surface area (Å²) in [4.78, 5) is 22.6. The van der Waals surface area contributed by atoms with E-state index in [1.807, 2.05) is 0 Å². The van der Waals surface area contributed by atoms with Gasteiger partial charge in [0.1, 0.15) is 11.4 Å². The second kappa shape index (κ2) is 7.26. The largest absolute Gasteiger partial charge is 0.494 e. The van der Waals surface area contributed by atoms with Crippen LogP contribution >= 0.6 is 0 Å². The molecule has 6 heteroatoms. The number of ether oxygens (including phenoxy) is 2. The van der Waals surface area contributed by atoms with Crippen LogP contribution in [0, 0.1) is 0 Å². The third-order valence-electron chi connectivity index (χ3n) is 3.88. The van der Waals surface area contributed by atoms with Gasteiger partial charge in [-0.25, -0.2) is 0 Å². The molecule has 6 nitrogen and oxygen atoms in total. The van der Waals surface area contributed by atoms with Gasteiger partial charge in [0, 0.05) is 19.2 Å². The van der Waals surface area contributed by atoms with E-state index in [-0.39, 0.29) is 12.3 Å². The highest BCUT2D eigenvalue weighted by atomic mass is 16.5. The Bertz CT molecular complexity index is 516. The maximum Gasteiger partial charge on any atom is 0.303 e. The van der Waals surface area contributed by atoms with Crippen molar-refractivity contribution >= 4 is 17.6 Å². The summed E-state index contributed by atoms with van der Waals surface area (Å²) in [7, 11) is 1.56. The van der Waals surface area contributed by atoms with E-state index in [2.05, 4.69) is 5.32 Å². The van der Waals surface area contributed by atoms with Crippen LogP contribution in [-0.2, 0) is 14.3 Å². The minimum absolute atomic E-state index is 0.0905. The molecule has 1 aromatic rings. The first-order chi connectivity index (χ1) is 10.6. The van der Waals surface area contributed by atoms with Crippen LogP contribution in [0.5, 0.6) is 5.75 Å². The van der Waals surface area contributed by atoms with E-state index < -0.39 is 11.6 Å². The lowest BCUT2D eigenvalue weighted by Crippen LogP contribution is -2.50. The van der Waals surface area contributed by atoms with E-state index in [0.29, 0.717) is 24.5 Å². The van der Waals surface area contributed by atoms with Crippen molar-refractivity contribution in [1.29, 1.82) is 0 Å². The third-order valence-corrected chi connectivity index (χ3v) is 3.88. The van der Waals surface area contributed by atoms with Gasteiger partial charge in [-0.15, -0.1) is 0 Å². The highest BCUT2D eigenvalue weighted by molar-refractivity contribution is 5.98. The quantitative estimate of drug-likeness (QED) is 0.721. The number of benzene rings is 1. The average molecular weight is 307 g/mol. The van der Waals surface area contributed by atoms with E-state index in [1.165, 1.54) is 0 Å². The normalized spacial score (nSPS) is 15.7. The molecular formula is C16H21NO5. The number of amides is 1. The highest BCUT2D eigenvalue weighted by Gasteiger charge is 2.44. The summed E-state index contributed by atoms with van der Waals surface area (Å²) in [5.41, 5.74) is 0.0117. The molecule has 0 spiro atoms. The maximum absolute atomic E-state index is 12.2. The van der Waals surface area contributed by atoms with E-state index in [0.717, 1.165) is 19.3 Å². The lowest BCUT2D eigenvalue weighted by Gasteiger charge is -2.38. The molecule has 0 radical (unpaired) electrons. The first kappa shape index (κ1) is 16.3. The van der Waals surface area contributed by atoms with Gasteiger partial charge in [-0.1, -0.05) is 0 Å². The molecule has 1 amide bonds. The van der Waals surface area contributed by atoms with Crippen molar-refractivity contribution in [2.75, 3.05) is 19.0 Å². The number of anilines is 1. The fourth-order valence-corrected chi connectivity index (χ4v) is 2.31. The summed E-state index contributed by atoms with van der Waals surface area (Å²) in [6.07, 6.45) is 3.06. The van der Waals surface area contributed by atoms with Crippen LogP contribution < -0.4 is 10.1 Å². The van der Waals surface area contributed by atoms with Crippen molar-refractivity contribution in [2.45, 2.75) is 37.7 Å². The summed E-state index contributed by atoms with van der Waals surface area (Å²) in [6.45, 7) is 0.352. The number of nitrogens with one attached hydrogen (secondary N) is 1. The van der Waals surface area contributed by atoms with Gasteiger partial charge in [0.05, 0.1) is 6.61 Å². The topological polar surface area (TPSA) is 84.9 Å². The minimum atomic E-state index is -0.829. The number of carboxylic acid groups (broad SMARTS) is 1. The number of rotatable bonds is 8. The molecule has 2 N–H and O–H groups in total. The zero-order valence-corrected chi connectivity index (χ0v) is 12.6. The Labute approximate surface area is 129 Å². The molecule has 1 saturated carbocycles. The van der Waals surface area contributed by atoms with Gasteiger partial charge >= 0.3 is 5.97 Å². The van der Waals surface area contributed by atoms with Crippen molar-refractivity contribution < 1.29 is 24.2 Å². The Morgan fingerprint density at radius 2 is 1.95 bits per heavy atom. The van der Waals surface area contributed by atoms with Gasteiger partial charge in [0.15, 0.2) is 0 Å². The van der Waals surface area contributed by atoms with Gasteiger partial charge in [0.25, 0.3) is 5.91 Å². The predicted octanol–water partition coefficient (Wildman–Crippen LogP) is 2.44. The first-order valence-electron chi connectivity index (χ1n) is 7.37. The van der Waals surface area contributed by atoms with Crippen LogP contribution in [0.15, 0.2) is 24.3 Å². The lowest BCUT2D eigenvalue weighted by molar-refractivity contribution is -0.148. The van der Waals surface area contributed by atoms with E-state index in [1.54, 1.807) is 31.4 Å². The van der Waals surface area contributed by atoms with Crippen molar-refractivity contribution in [3.8, 4) is 5.75 Å². The van der Waals surface area contributed by atoms with Gasteiger partial charge in [-0.3, -0.25) is 9.59 Å². The summed E-state index contributed by atoms with van der Waals surface area (Å²) in [6, 6.07) is 7.01. The van der Waals surface area contributed by atoms with Gasteiger partial charge < -0.3 is 19.9 Å². The Morgan fingerprint density at radius 1 is 1.27 bits per heavy atom. The number of aliphatic carboxylic acids is 1. The lowest BCUT2D eigenvalue weighted by atomic mass is 9.79. The van der Waals surface area contributed by atoms with Gasteiger partial charge in [-0.05, 0) is 49.9 Å². The molecule has 2 rings (SSSR count). The zero-order chi connectivity index (χ0) is 16.0. The zero-order valence-electron chi connectivity index (χ0n) is 12.6. The van der Waals surface area contributed by atoms with Gasteiger partial charge in [-0.2, -0.15) is 0 Å². The number of hydrogen-bond donors (Lipinski definition) is 2. The SMILES string of the molecule is COC1(C(=O)Nc2ccc(OCCCC(=O)O)cc2)CCC1. The second-order valence-electron chi connectivity index (χ2n) is 5.38. The predicted molar refractivity (Wildman–Crippen MR) is 81.0 cm³/mol. The number of methoxy groups -OCH3 is 1. The van der Waals surface area contributed by atoms with Crippen LogP contribution in [0.4, 0.5) is 5.69 Å². The molecule has 0 bridgehead atoms. The van der Waals surface area contributed by atoms with Crippen LogP contribution in [-0.4, -0.2) is 36.3 Å². The third kappa shape index (κ3) is 3.98. The number of carbonyl (C=O) groups is 2. The Balaban J connectivity index is 1.81. The minimum Gasteiger partial charge on any atom is -0.494 e. The summed E-state index contributed by atoms with van der Waals surface area (Å²) in [5, 5.41) is 11.4. The molecule has 0 aromatic heterocycles. The summed E-state index contributed by atoms with van der Waals surface area (Å²) in [5.74, 6) is -0.297. The van der Waals surface area contributed by atoms with Crippen molar-refractivity contribution in [1.82, 2.24) is 0 Å². The molecule has 1 aliphatic carbocycles. The van der Waals surface area contributed by atoms with Crippen molar-refractivity contribution in [2.24, 2.45) is 0 Å². The molecule has 0 unspecified atom stereocenters. The summed E-state index contributed by atoms with van der Waals surface area (Å²) >= 11 is 0. The van der Waals surface area contributed by atoms with Gasteiger partial charge in [0.2, 0.25) is 0 Å². The van der Waals surface area contributed by atoms with Crippen molar-refractivity contribution in [3.05, 3.63) is 24.3 Å². The van der Waals surface area contributed by atoms with E-state index >= 15 is 0 Å². The van der Waals surface area contributed by atoms with E-state index in [4.69, 9.17) is 14.6 Å². The number of carbonyl (C=O) groups excluding carboxylic acids is 1. The second-order valence-corrected chi connectivity index (χ2v) is 5.38. The molecule has 1 aliphatic rings. The van der Waals surface area contributed by atoms with Crippen LogP contribution in [0.2, 0.25) is 0 Å². The van der Waals surface area contributed by atoms with Crippen molar-refractivity contribution in [3.63, 3.8) is 0 Å². The Morgan fingerprint density at radius 3 is 2.45 bits per heavy atom. The van der Waals surface area contributed by atoms with Crippen LogP contribution in [0.25, 0.3) is 0 Å². The summed E-state index contributed by atoms with van der Waals surface area (Å²) < 4.78 is 10.8. The molecule has 1 aromatic carbocycles. The number of hydrogen-bond acceptors (Lipinski definition) is 4. The molecule has 0 saturated heterocycles. The monoisotopic (exact) mass is 307 g/mol. The Hall–Kier alpha value is -2.08. The maximum atomic E-state index is 12.2. The highest BCUT2D eigenvalue weighted by Crippen LogP contribution is 2.36. The molecule has 0 atom stereocenters. The van der Waals surface area contributed by atoms with Crippen LogP contribution in [0.3, 0.4) is 0 Å². The smallest absolute Gasteiger partial charge is 0.303 e. The molecule has 22 heavy (non-hydrogen) atoms. The van der Waals surface area contributed by atoms with E-state index in [9.17, 15) is 9.59 Å². The molecule has 0 aliphatic heterocycles. The molecule has 0 heterocycles. The fraction of sp³-hybridized carbons (Fsp3) is 0.500. The molecule has 1 fully saturated rings. The molecule has 120 valence electrons. The first-order valence-corrected chi connectivity index (χ1v) is 7.37. The number of carboxylic acids is 1. The molecular weight excluding hydrogens is 286 g/mol. The fourth-order valence-electron chi connectivity index (χ4n) is 2.31. The van der Waals surface area contributed by atoms with Crippen LogP contribution in [0.1, 0.15) is 32.1 Å². The Kier molecular flexibility index (Phi) is 5.38. The average Bonchev–Trinajstić information content (AvgIpc) is 2.44. The standard InChI is InChI=1S/C16H21NO5/c1-21-16(9-3-10-16)15(20)17-12-5-7-13(8-6-12)22-11-2-4-14(18)19/h5-8H,2-4,9-11H2,1H3,(H,17,20)(H,18,19).